The molecule has 0 amide bonds. The second kappa shape index (κ2) is 8.12. The van der Waals surface area contributed by atoms with Crippen molar-refractivity contribution >= 4 is 28.2 Å². The zero-order valence-electron chi connectivity index (χ0n) is 18.5. The summed E-state index contributed by atoms with van der Waals surface area (Å²) in [4.78, 5) is 9.97. The third kappa shape index (κ3) is 3.48. The molecule has 2 aromatic heterocycles. The second-order valence-corrected chi connectivity index (χ2v) is 8.29. The smallest absolute Gasteiger partial charge is 0.214 e. The van der Waals surface area contributed by atoms with E-state index >= 15 is 0 Å². The molecule has 4 nitrogen and oxygen atoms in total. The maximum atomic E-state index is 14.3. The molecule has 0 fully saturated rings. The standard InChI is InChI=1S/C29H21FN4/c1-19-9-8-14-23(17-19)31-29-32-25-16-15-22(30)18-24(25)28-33-26(20-10-4-2-5-11-20)27(34(28)29)21-12-6-3-7-13-21/h2-18H,1H3,(H,31,32). The number of hydrogen-bond donors (Lipinski definition) is 1. The van der Waals surface area contributed by atoms with Gasteiger partial charge in [0.15, 0.2) is 0 Å². The van der Waals surface area contributed by atoms with Gasteiger partial charge in [0.25, 0.3) is 0 Å². The predicted octanol–water partition coefficient (Wildman–Crippen LogP) is 7.41. The molecule has 0 aliphatic carbocycles. The quantitative estimate of drug-likeness (QED) is 0.308. The van der Waals surface area contributed by atoms with Gasteiger partial charge in [0, 0.05) is 22.2 Å². The molecule has 0 unspecified atom stereocenters. The van der Waals surface area contributed by atoms with Crippen molar-refractivity contribution < 1.29 is 4.39 Å². The van der Waals surface area contributed by atoms with Gasteiger partial charge in [-0.05, 0) is 42.8 Å². The van der Waals surface area contributed by atoms with Crippen LogP contribution in [-0.2, 0) is 0 Å². The predicted molar refractivity (Wildman–Crippen MR) is 136 cm³/mol. The van der Waals surface area contributed by atoms with Gasteiger partial charge in [0.05, 0.1) is 16.9 Å². The lowest BCUT2D eigenvalue weighted by atomic mass is 10.1. The first-order valence-electron chi connectivity index (χ1n) is 11.1. The van der Waals surface area contributed by atoms with Crippen molar-refractivity contribution in [2.45, 2.75) is 6.92 Å². The Morgan fingerprint density at radius 2 is 1.47 bits per heavy atom. The highest BCUT2D eigenvalue weighted by atomic mass is 19.1. The molecule has 0 saturated heterocycles. The van der Waals surface area contributed by atoms with Crippen LogP contribution in [0.3, 0.4) is 0 Å². The van der Waals surface area contributed by atoms with E-state index in [2.05, 4.69) is 36.5 Å². The van der Waals surface area contributed by atoms with Gasteiger partial charge in [-0.2, -0.15) is 0 Å². The summed E-state index contributed by atoms with van der Waals surface area (Å²) < 4.78 is 16.3. The molecule has 1 N–H and O–H groups in total. The summed E-state index contributed by atoms with van der Waals surface area (Å²) in [6.07, 6.45) is 0. The molecular weight excluding hydrogens is 423 g/mol. The number of halogens is 1. The number of aromatic nitrogens is 3. The minimum atomic E-state index is -0.318. The van der Waals surface area contributed by atoms with Crippen molar-refractivity contribution in [3.8, 4) is 22.5 Å². The maximum absolute atomic E-state index is 14.3. The molecule has 5 heteroatoms. The summed E-state index contributed by atoms with van der Waals surface area (Å²) in [6, 6.07) is 32.9. The number of hydrogen-bond acceptors (Lipinski definition) is 3. The van der Waals surface area contributed by atoms with E-state index in [-0.39, 0.29) is 5.82 Å². The van der Waals surface area contributed by atoms with Crippen LogP contribution in [0.4, 0.5) is 16.0 Å². The molecule has 4 aromatic carbocycles. The van der Waals surface area contributed by atoms with E-state index < -0.39 is 0 Å². The van der Waals surface area contributed by atoms with Crippen molar-refractivity contribution in [1.82, 2.24) is 14.4 Å². The lowest BCUT2D eigenvalue weighted by molar-refractivity contribution is 0.629. The molecular formula is C29H21FN4. The van der Waals surface area contributed by atoms with E-state index in [1.807, 2.05) is 65.1 Å². The third-order valence-corrected chi connectivity index (χ3v) is 5.88. The van der Waals surface area contributed by atoms with Crippen LogP contribution in [0, 0.1) is 12.7 Å². The number of nitrogens with one attached hydrogen (secondary N) is 1. The number of imidazole rings is 1. The van der Waals surface area contributed by atoms with Crippen LogP contribution in [0.5, 0.6) is 0 Å². The van der Waals surface area contributed by atoms with E-state index in [0.717, 1.165) is 33.8 Å². The van der Waals surface area contributed by atoms with Gasteiger partial charge in [-0.3, -0.25) is 4.40 Å². The Bertz CT molecular complexity index is 1640. The SMILES string of the molecule is Cc1cccc(Nc2nc3ccc(F)cc3c3nc(-c4ccccc4)c(-c4ccccc4)n23)c1. The molecule has 6 rings (SSSR count). The van der Waals surface area contributed by atoms with Gasteiger partial charge < -0.3 is 5.32 Å². The molecule has 0 aliphatic heterocycles. The van der Waals surface area contributed by atoms with E-state index in [9.17, 15) is 4.39 Å². The Balaban J connectivity index is 1.74. The van der Waals surface area contributed by atoms with E-state index in [0.29, 0.717) is 22.5 Å². The molecule has 0 radical (unpaired) electrons. The Morgan fingerprint density at radius 1 is 0.735 bits per heavy atom. The van der Waals surface area contributed by atoms with Gasteiger partial charge in [-0.15, -0.1) is 0 Å². The van der Waals surface area contributed by atoms with Crippen LogP contribution in [0.25, 0.3) is 39.1 Å². The lowest BCUT2D eigenvalue weighted by Crippen LogP contribution is -2.04. The number of rotatable bonds is 4. The number of anilines is 2. The monoisotopic (exact) mass is 444 g/mol. The van der Waals surface area contributed by atoms with Crippen LogP contribution < -0.4 is 5.32 Å². The fourth-order valence-electron chi connectivity index (χ4n) is 4.35. The molecule has 0 bridgehead atoms. The van der Waals surface area contributed by atoms with Crippen LogP contribution in [-0.4, -0.2) is 14.4 Å². The van der Waals surface area contributed by atoms with Gasteiger partial charge in [0.2, 0.25) is 5.95 Å². The van der Waals surface area contributed by atoms with Gasteiger partial charge >= 0.3 is 0 Å². The molecule has 0 saturated carbocycles. The second-order valence-electron chi connectivity index (χ2n) is 8.29. The first kappa shape index (κ1) is 20.1. The topological polar surface area (TPSA) is 42.2 Å². The minimum Gasteiger partial charge on any atom is -0.325 e. The molecule has 0 spiro atoms. The van der Waals surface area contributed by atoms with Gasteiger partial charge in [-0.25, -0.2) is 14.4 Å². The normalized spacial score (nSPS) is 11.2. The minimum absolute atomic E-state index is 0.318. The van der Waals surface area contributed by atoms with Crippen molar-refractivity contribution in [3.63, 3.8) is 0 Å². The summed E-state index contributed by atoms with van der Waals surface area (Å²) in [5.74, 6) is 0.300. The molecule has 0 aliphatic rings. The molecule has 2 heterocycles. The van der Waals surface area contributed by atoms with E-state index in [4.69, 9.17) is 9.97 Å². The Labute approximate surface area is 196 Å². The average molecular weight is 445 g/mol. The van der Waals surface area contributed by atoms with E-state index in [1.165, 1.54) is 12.1 Å². The summed E-state index contributed by atoms with van der Waals surface area (Å²) in [6.45, 7) is 2.05. The summed E-state index contributed by atoms with van der Waals surface area (Å²) in [5.41, 5.74) is 7.08. The van der Waals surface area contributed by atoms with Crippen LogP contribution in [0.15, 0.2) is 103 Å². The molecule has 34 heavy (non-hydrogen) atoms. The van der Waals surface area contributed by atoms with Crippen molar-refractivity contribution in [3.05, 3.63) is 115 Å². The van der Waals surface area contributed by atoms with Crippen molar-refractivity contribution in [2.24, 2.45) is 0 Å². The Hall–Kier alpha value is -4.51. The van der Waals surface area contributed by atoms with E-state index in [1.54, 1.807) is 6.07 Å². The number of benzene rings is 4. The van der Waals surface area contributed by atoms with Crippen LogP contribution in [0.2, 0.25) is 0 Å². The molecule has 6 aromatic rings. The average Bonchev–Trinajstić information content (AvgIpc) is 3.27. The first-order valence-corrected chi connectivity index (χ1v) is 11.1. The van der Waals surface area contributed by atoms with Crippen LogP contribution >= 0.6 is 0 Å². The van der Waals surface area contributed by atoms with Crippen LogP contribution in [0.1, 0.15) is 5.56 Å². The third-order valence-electron chi connectivity index (χ3n) is 5.88. The highest BCUT2D eigenvalue weighted by molar-refractivity contribution is 5.97. The number of nitrogens with zero attached hydrogens (tertiary/aromatic N) is 3. The van der Waals surface area contributed by atoms with Crippen molar-refractivity contribution in [1.29, 1.82) is 0 Å². The fraction of sp³-hybridized carbons (Fsp3) is 0.0345. The Kier molecular flexibility index (Phi) is 4.81. The highest BCUT2D eigenvalue weighted by Crippen LogP contribution is 2.37. The molecule has 164 valence electrons. The number of aryl methyl sites for hydroxylation is 1. The first-order chi connectivity index (χ1) is 16.7. The summed E-state index contributed by atoms with van der Waals surface area (Å²) in [7, 11) is 0. The highest BCUT2D eigenvalue weighted by Gasteiger charge is 2.21. The molecule has 0 atom stereocenters. The lowest BCUT2D eigenvalue weighted by Gasteiger charge is -2.14. The van der Waals surface area contributed by atoms with Crippen molar-refractivity contribution in [2.75, 3.05) is 5.32 Å². The largest absolute Gasteiger partial charge is 0.325 e. The van der Waals surface area contributed by atoms with Gasteiger partial charge in [0.1, 0.15) is 11.5 Å². The maximum Gasteiger partial charge on any atom is 0.214 e. The fourth-order valence-corrected chi connectivity index (χ4v) is 4.35. The summed E-state index contributed by atoms with van der Waals surface area (Å²) in [5, 5.41) is 4.15. The van der Waals surface area contributed by atoms with Gasteiger partial charge in [-0.1, -0.05) is 72.8 Å². The number of fused-ring (bicyclic) bond motifs is 3. The summed E-state index contributed by atoms with van der Waals surface area (Å²) >= 11 is 0. The zero-order valence-corrected chi connectivity index (χ0v) is 18.5. The zero-order chi connectivity index (χ0) is 23.1. The Morgan fingerprint density at radius 3 is 2.21 bits per heavy atom.